The quantitative estimate of drug-likeness (QED) is 0.857. The van der Waals surface area contributed by atoms with Crippen LogP contribution in [0.5, 0.6) is 0 Å². The van der Waals surface area contributed by atoms with E-state index in [0.29, 0.717) is 31.4 Å². The number of hydrogen-bond acceptors (Lipinski definition) is 7. The van der Waals surface area contributed by atoms with Crippen LogP contribution in [-0.4, -0.2) is 62.9 Å². The highest BCUT2D eigenvalue weighted by atomic mass is 32.1. The van der Waals surface area contributed by atoms with Crippen LogP contribution < -0.4 is 5.32 Å². The van der Waals surface area contributed by atoms with Gasteiger partial charge in [-0.15, -0.1) is 11.3 Å². The predicted octanol–water partition coefficient (Wildman–Crippen LogP) is 0.383. The Kier molecular flexibility index (Phi) is 4.76. The number of carbonyl (C=O) groups excluding carboxylic acids is 1. The number of rotatable bonds is 5. The zero-order valence-corrected chi connectivity index (χ0v) is 13.1. The van der Waals surface area contributed by atoms with E-state index in [1.807, 2.05) is 12.3 Å². The molecule has 1 N–H and O–H groups in total. The van der Waals surface area contributed by atoms with Crippen molar-refractivity contribution in [3.63, 3.8) is 0 Å². The van der Waals surface area contributed by atoms with Gasteiger partial charge in [-0.1, -0.05) is 0 Å². The third-order valence-electron chi connectivity index (χ3n) is 3.31. The molecule has 0 saturated carbocycles. The molecular formula is C13H18N6O2S. The van der Waals surface area contributed by atoms with E-state index in [4.69, 9.17) is 4.74 Å². The smallest absolute Gasteiger partial charge is 0.240 e. The number of aryl methyl sites for hydroxylation is 1. The van der Waals surface area contributed by atoms with Gasteiger partial charge < -0.3 is 10.1 Å². The van der Waals surface area contributed by atoms with Crippen LogP contribution in [-0.2, 0) is 16.1 Å². The zero-order chi connectivity index (χ0) is 15.4. The maximum Gasteiger partial charge on any atom is 0.240 e. The number of ether oxygens (including phenoxy) is 1. The topological polar surface area (TPSA) is 85.2 Å². The summed E-state index contributed by atoms with van der Waals surface area (Å²) in [5.41, 5.74) is 0.916. The zero-order valence-electron chi connectivity index (χ0n) is 12.3. The minimum atomic E-state index is -0.0456. The van der Waals surface area contributed by atoms with Gasteiger partial charge in [0.2, 0.25) is 5.91 Å². The molecule has 0 radical (unpaired) electrons. The van der Waals surface area contributed by atoms with Gasteiger partial charge in [-0.2, -0.15) is 5.10 Å². The van der Waals surface area contributed by atoms with E-state index < -0.39 is 0 Å². The van der Waals surface area contributed by atoms with E-state index in [9.17, 15) is 4.79 Å². The fraction of sp³-hybridized carbons (Fsp3) is 0.538. The number of anilines is 1. The molecule has 0 bridgehead atoms. The Balaban J connectivity index is 1.48. The molecule has 8 nitrogen and oxygen atoms in total. The maximum absolute atomic E-state index is 12.1. The molecule has 1 aliphatic rings. The molecule has 9 heteroatoms. The molecule has 118 valence electrons. The van der Waals surface area contributed by atoms with E-state index >= 15 is 0 Å². The van der Waals surface area contributed by atoms with Crippen molar-refractivity contribution >= 4 is 22.4 Å². The summed E-state index contributed by atoms with van der Waals surface area (Å²) in [5, 5.41) is 9.47. The Morgan fingerprint density at radius 1 is 1.59 bits per heavy atom. The summed E-state index contributed by atoms with van der Waals surface area (Å²) in [6, 6.07) is 0. The van der Waals surface area contributed by atoms with Gasteiger partial charge in [-0.25, -0.2) is 9.97 Å². The van der Waals surface area contributed by atoms with Crippen molar-refractivity contribution in [1.82, 2.24) is 24.6 Å². The van der Waals surface area contributed by atoms with Crippen molar-refractivity contribution < 1.29 is 9.53 Å². The number of aromatic nitrogens is 4. The standard InChI is InChI=1S/C13H18N6O2S/c1-10-7-22-13(16-10)17-12(20)6-18-2-3-21-11(4-18)5-19-9-14-8-15-19/h7-9,11H,2-6H2,1H3,(H,16,17,20). The molecule has 3 heterocycles. The summed E-state index contributed by atoms with van der Waals surface area (Å²) in [7, 11) is 0. The minimum Gasteiger partial charge on any atom is -0.374 e. The molecule has 1 saturated heterocycles. The van der Waals surface area contributed by atoms with Gasteiger partial charge in [-0.3, -0.25) is 14.4 Å². The molecule has 1 amide bonds. The first-order chi connectivity index (χ1) is 10.7. The van der Waals surface area contributed by atoms with E-state index in [1.54, 1.807) is 11.0 Å². The highest BCUT2D eigenvalue weighted by Gasteiger charge is 2.23. The molecular weight excluding hydrogens is 304 g/mol. The molecule has 1 unspecified atom stereocenters. The Bertz CT molecular complexity index is 614. The van der Waals surface area contributed by atoms with Gasteiger partial charge in [0.1, 0.15) is 12.7 Å². The highest BCUT2D eigenvalue weighted by Crippen LogP contribution is 2.14. The van der Waals surface area contributed by atoms with Gasteiger partial charge >= 0.3 is 0 Å². The number of hydrogen-bond donors (Lipinski definition) is 1. The Morgan fingerprint density at radius 2 is 2.50 bits per heavy atom. The first kappa shape index (κ1) is 15.1. The number of morpholine rings is 1. The monoisotopic (exact) mass is 322 g/mol. The van der Waals surface area contributed by atoms with Gasteiger partial charge in [0.25, 0.3) is 0 Å². The van der Waals surface area contributed by atoms with Crippen molar-refractivity contribution in [2.24, 2.45) is 0 Å². The van der Waals surface area contributed by atoms with Gasteiger partial charge in [0, 0.05) is 18.5 Å². The lowest BCUT2D eigenvalue weighted by atomic mass is 10.2. The van der Waals surface area contributed by atoms with E-state index in [0.717, 1.165) is 12.2 Å². The number of carbonyl (C=O) groups is 1. The van der Waals surface area contributed by atoms with E-state index in [1.165, 1.54) is 17.7 Å². The summed E-state index contributed by atoms with van der Waals surface area (Å²) in [5.74, 6) is -0.0456. The minimum absolute atomic E-state index is 0.0188. The average molecular weight is 322 g/mol. The van der Waals surface area contributed by atoms with E-state index in [2.05, 4.69) is 25.3 Å². The van der Waals surface area contributed by atoms with Crippen LogP contribution in [0.1, 0.15) is 5.69 Å². The third kappa shape index (κ3) is 4.09. The lowest BCUT2D eigenvalue weighted by Crippen LogP contribution is -2.47. The molecule has 3 rings (SSSR count). The molecule has 0 aliphatic carbocycles. The molecule has 2 aromatic rings. The second-order valence-electron chi connectivity index (χ2n) is 5.19. The predicted molar refractivity (Wildman–Crippen MR) is 81.7 cm³/mol. The molecule has 22 heavy (non-hydrogen) atoms. The largest absolute Gasteiger partial charge is 0.374 e. The van der Waals surface area contributed by atoms with Crippen molar-refractivity contribution in [1.29, 1.82) is 0 Å². The number of amides is 1. The Morgan fingerprint density at radius 3 is 3.23 bits per heavy atom. The summed E-state index contributed by atoms with van der Waals surface area (Å²) in [6.45, 7) is 4.95. The fourth-order valence-electron chi connectivity index (χ4n) is 2.34. The van der Waals surface area contributed by atoms with Crippen LogP contribution >= 0.6 is 11.3 Å². The van der Waals surface area contributed by atoms with Crippen LogP contribution in [0.15, 0.2) is 18.0 Å². The second kappa shape index (κ2) is 6.95. The molecule has 1 atom stereocenters. The fourth-order valence-corrected chi connectivity index (χ4v) is 3.05. The van der Waals surface area contributed by atoms with Crippen molar-refractivity contribution in [3.8, 4) is 0 Å². The first-order valence-electron chi connectivity index (χ1n) is 7.07. The highest BCUT2D eigenvalue weighted by molar-refractivity contribution is 7.13. The van der Waals surface area contributed by atoms with Gasteiger partial charge in [0.05, 0.1) is 31.5 Å². The lowest BCUT2D eigenvalue weighted by molar-refractivity contribution is -0.119. The van der Waals surface area contributed by atoms with Crippen LogP contribution in [0.3, 0.4) is 0 Å². The molecule has 1 fully saturated rings. The SMILES string of the molecule is Cc1csc(NC(=O)CN2CCOC(Cn3cncn3)C2)n1. The van der Waals surface area contributed by atoms with Crippen molar-refractivity contribution in [2.75, 3.05) is 31.6 Å². The van der Waals surface area contributed by atoms with Crippen LogP contribution in [0.2, 0.25) is 0 Å². The molecule has 1 aliphatic heterocycles. The second-order valence-corrected chi connectivity index (χ2v) is 6.05. The third-order valence-corrected chi connectivity index (χ3v) is 4.19. The summed E-state index contributed by atoms with van der Waals surface area (Å²) >= 11 is 1.44. The van der Waals surface area contributed by atoms with E-state index in [-0.39, 0.29) is 12.0 Å². The lowest BCUT2D eigenvalue weighted by Gasteiger charge is -2.32. The number of thiazole rings is 1. The molecule has 0 spiro atoms. The number of nitrogens with zero attached hydrogens (tertiary/aromatic N) is 5. The first-order valence-corrected chi connectivity index (χ1v) is 7.95. The van der Waals surface area contributed by atoms with Crippen molar-refractivity contribution in [2.45, 2.75) is 19.6 Å². The van der Waals surface area contributed by atoms with Crippen LogP contribution in [0, 0.1) is 6.92 Å². The average Bonchev–Trinajstić information content (AvgIpc) is 3.11. The van der Waals surface area contributed by atoms with Gasteiger partial charge in [-0.05, 0) is 6.92 Å². The maximum atomic E-state index is 12.1. The summed E-state index contributed by atoms with van der Waals surface area (Å²) in [6.07, 6.45) is 3.19. The number of nitrogens with one attached hydrogen (secondary N) is 1. The Hall–Kier alpha value is -1.84. The molecule has 2 aromatic heterocycles. The summed E-state index contributed by atoms with van der Waals surface area (Å²) in [4.78, 5) is 22.3. The van der Waals surface area contributed by atoms with Crippen molar-refractivity contribution in [3.05, 3.63) is 23.7 Å². The summed E-state index contributed by atoms with van der Waals surface area (Å²) < 4.78 is 7.46. The molecule has 0 aromatic carbocycles. The van der Waals surface area contributed by atoms with Crippen LogP contribution in [0.25, 0.3) is 0 Å². The van der Waals surface area contributed by atoms with Crippen LogP contribution in [0.4, 0.5) is 5.13 Å². The Labute approximate surface area is 132 Å². The van der Waals surface area contributed by atoms with Gasteiger partial charge in [0.15, 0.2) is 5.13 Å². The normalized spacial score (nSPS) is 19.2.